The predicted molar refractivity (Wildman–Crippen MR) is 145 cm³/mol. The largest absolute Gasteiger partial charge is 0.325 e. The van der Waals surface area contributed by atoms with Crippen LogP contribution in [-0.2, 0) is 17.8 Å². The van der Waals surface area contributed by atoms with Crippen LogP contribution in [0.15, 0.2) is 64.5 Å². The molecule has 6 rings (SSSR count). The highest BCUT2D eigenvalue weighted by Gasteiger charge is 2.27. The van der Waals surface area contributed by atoms with Gasteiger partial charge in [0.25, 0.3) is 5.56 Å². The SMILES string of the molecule is Cc1cccc(NC(=O)CSc2nnc3n(-c4ccccc4)c(=O)c4c5c(sc4n23)CN(C)CC5)c1. The van der Waals surface area contributed by atoms with Crippen molar-refractivity contribution in [2.75, 3.05) is 24.7 Å². The van der Waals surface area contributed by atoms with Gasteiger partial charge in [-0.15, -0.1) is 21.5 Å². The van der Waals surface area contributed by atoms with Crippen LogP contribution in [0.25, 0.3) is 21.7 Å². The second-order valence-electron chi connectivity index (χ2n) is 8.97. The van der Waals surface area contributed by atoms with Crippen molar-refractivity contribution in [2.45, 2.75) is 25.0 Å². The minimum absolute atomic E-state index is 0.0770. The van der Waals surface area contributed by atoms with E-state index >= 15 is 0 Å². The number of amides is 1. The predicted octanol–water partition coefficient (Wildman–Crippen LogP) is 4.12. The number of nitrogens with one attached hydrogen (secondary N) is 1. The monoisotopic (exact) mass is 516 g/mol. The molecule has 1 N–H and O–H groups in total. The number of thioether (sulfide) groups is 1. The van der Waals surface area contributed by atoms with Crippen LogP contribution >= 0.6 is 23.1 Å². The zero-order valence-electron chi connectivity index (χ0n) is 19.9. The van der Waals surface area contributed by atoms with Gasteiger partial charge in [0.15, 0.2) is 5.16 Å². The van der Waals surface area contributed by atoms with Gasteiger partial charge >= 0.3 is 0 Å². The Balaban J connectivity index is 1.45. The molecule has 0 aliphatic carbocycles. The molecule has 4 heterocycles. The number of rotatable bonds is 5. The summed E-state index contributed by atoms with van der Waals surface area (Å²) < 4.78 is 3.58. The average Bonchev–Trinajstić information content (AvgIpc) is 3.45. The molecule has 0 radical (unpaired) electrons. The fourth-order valence-corrected chi connectivity index (χ4v) is 6.84. The molecule has 36 heavy (non-hydrogen) atoms. The highest BCUT2D eigenvalue weighted by atomic mass is 32.2. The van der Waals surface area contributed by atoms with E-state index in [1.165, 1.54) is 16.6 Å². The molecule has 3 aromatic heterocycles. The first-order valence-corrected chi connectivity index (χ1v) is 13.5. The van der Waals surface area contributed by atoms with E-state index in [0.29, 0.717) is 10.9 Å². The van der Waals surface area contributed by atoms with Gasteiger partial charge in [0.2, 0.25) is 11.7 Å². The third-order valence-corrected chi connectivity index (χ3v) is 8.44. The summed E-state index contributed by atoms with van der Waals surface area (Å²) >= 11 is 2.94. The van der Waals surface area contributed by atoms with Crippen molar-refractivity contribution in [1.29, 1.82) is 0 Å². The Labute approximate surface area is 215 Å². The van der Waals surface area contributed by atoms with Gasteiger partial charge in [-0.25, -0.2) is 8.97 Å². The van der Waals surface area contributed by atoms with Crippen molar-refractivity contribution in [3.8, 4) is 5.69 Å². The number of benzene rings is 2. The molecule has 0 fully saturated rings. The lowest BCUT2D eigenvalue weighted by Crippen LogP contribution is -2.27. The van der Waals surface area contributed by atoms with Gasteiger partial charge in [0.05, 0.1) is 16.8 Å². The van der Waals surface area contributed by atoms with E-state index in [1.54, 1.807) is 15.9 Å². The van der Waals surface area contributed by atoms with Crippen molar-refractivity contribution in [3.63, 3.8) is 0 Å². The lowest BCUT2D eigenvalue weighted by Gasteiger charge is -2.21. The summed E-state index contributed by atoms with van der Waals surface area (Å²) in [5.74, 6) is 0.503. The molecule has 0 unspecified atom stereocenters. The number of aromatic nitrogens is 4. The van der Waals surface area contributed by atoms with Crippen LogP contribution in [0.4, 0.5) is 5.69 Å². The molecule has 0 bridgehead atoms. The summed E-state index contributed by atoms with van der Waals surface area (Å²) in [7, 11) is 2.10. The number of thiophene rings is 1. The summed E-state index contributed by atoms with van der Waals surface area (Å²) in [5, 5.41) is 13.1. The van der Waals surface area contributed by atoms with E-state index in [-0.39, 0.29) is 17.2 Å². The molecule has 1 amide bonds. The summed E-state index contributed by atoms with van der Waals surface area (Å²) in [4.78, 5) is 30.9. The molecule has 5 aromatic rings. The molecule has 0 spiro atoms. The molecule has 10 heteroatoms. The number of carbonyl (C=O) groups excluding carboxylic acids is 1. The van der Waals surface area contributed by atoms with E-state index in [4.69, 9.17) is 0 Å². The molecule has 0 saturated heterocycles. The van der Waals surface area contributed by atoms with Crippen molar-refractivity contribution in [2.24, 2.45) is 0 Å². The Bertz CT molecular complexity index is 1670. The zero-order chi connectivity index (χ0) is 24.8. The lowest BCUT2D eigenvalue weighted by atomic mass is 10.1. The Kier molecular flexibility index (Phi) is 5.87. The molecule has 8 nitrogen and oxygen atoms in total. The number of anilines is 1. The topological polar surface area (TPSA) is 84.5 Å². The van der Waals surface area contributed by atoms with E-state index in [1.807, 2.05) is 65.9 Å². The lowest BCUT2D eigenvalue weighted by molar-refractivity contribution is -0.113. The Morgan fingerprint density at radius 1 is 1.14 bits per heavy atom. The minimum atomic E-state index is -0.123. The second-order valence-corrected chi connectivity index (χ2v) is 11.0. The Morgan fingerprint density at radius 2 is 1.97 bits per heavy atom. The zero-order valence-corrected chi connectivity index (χ0v) is 21.5. The van der Waals surface area contributed by atoms with Crippen molar-refractivity contribution in [1.82, 2.24) is 24.1 Å². The third-order valence-electron chi connectivity index (χ3n) is 6.31. The van der Waals surface area contributed by atoms with Crippen molar-refractivity contribution in [3.05, 3.63) is 81.0 Å². The Hall–Kier alpha value is -3.47. The first-order chi connectivity index (χ1) is 17.5. The van der Waals surface area contributed by atoms with Gasteiger partial charge < -0.3 is 10.2 Å². The maximum atomic E-state index is 13.9. The molecule has 1 aliphatic rings. The number of carbonyl (C=O) groups is 1. The number of fused-ring (bicyclic) bond motifs is 5. The van der Waals surface area contributed by atoms with Crippen LogP contribution in [0.5, 0.6) is 0 Å². The molecule has 2 aromatic carbocycles. The van der Waals surface area contributed by atoms with E-state index in [0.717, 1.165) is 52.2 Å². The van der Waals surface area contributed by atoms with E-state index < -0.39 is 0 Å². The standard InChI is InChI=1S/C26H24N6O2S2/c1-16-7-6-8-17(13-16)27-21(33)15-35-26-29-28-25-31(18-9-4-3-5-10-18)23(34)22-19-11-12-30(2)14-20(19)36-24(22)32(25)26/h3-10,13H,11-12,14-15H2,1-2H3,(H,27,33). The van der Waals surface area contributed by atoms with Gasteiger partial charge in [-0.2, -0.15) is 0 Å². The fourth-order valence-electron chi connectivity index (χ4n) is 4.64. The average molecular weight is 517 g/mol. The normalized spacial score (nSPS) is 13.8. The molecule has 182 valence electrons. The van der Waals surface area contributed by atoms with Crippen LogP contribution < -0.4 is 10.9 Å². The van der Waals surface area contributed by atoms with Crippen LogP contribution in [0.2, 0.25) is 0 Å². The van der Waals surface area contributed by atoms with Crippen molar-refractivity contribution >= 4 is 50.7 Å². The van der Waals surface area contributed by atoms with E-state index in [9.17, 15) is 9.59 Å². The first kappa shape index (κ1) is 23.0. The summed E-state index contributed by atoms with van der Waals surface area (Å²) in [6.07, 6.45) is 0.824. The minimum Gasteiger partial charge on any atom is -0.325 e. The van der Waals surface area contributed by atoms with Gasteiger partial charge in [-0.05, 0) is 55.8 Å². The first-order valence-electron chi connectivity index (χ1n) is 11.7. The van der Waals surface area contributed by atoms with Crippen LogP contribution in [-0.4, -0.2) is 49.3 Å². The van der Waals surface area contributed by atoms with Gasteiger partial charge in [-0.3, -0.25) is 9.59 Å². The van der Waals surface area contributed by atoms with Gasteiger partial charge in [0, 0.05) is 23.7 Å². The Morgan fingerprint density at radius 3 is 2.78 bits per heavy atom. The smallest absolute Gasteiger partial charge is 0.268 e. The highest BCUT2D eigenvalue weighted by Crippen LogP contribution is 2.35. The van der Waals surface area contributed by atoms with Gasteiger partial charge in [-0.1, -0.05) is 42.1 Å². The van der Waals surface area contributed by atoms with Crippen molar-refractivity contribution < 1.29 is 4.79 Å². The number of likely N-dealkylation sites (N-methyl/N-ethyl adjacent to an activating group) is 1. The number of hydrogen-bond acceptors (Lipinski definition) is 7. The molecule has 0 atom stereocenters. The molecular formula is C26H24N6O2S2. The molecule has 0 saturated carbocycles. The van der Waals surface area contributed by atoms with E-state index in [2.05, 4.69) is 27.5 Å². The van der Waals surface area contributed by atoms with Gasteiger partial charge in [0.1, 0.15) is 4.83 Å². The van der Waals surface area contributed by atoms with Crippen LogP contribution in [0, 0.1) is 6.92 Å². The highest BCUT2D eigenvalue weighted by molar-refractivity contribution is 7.99. The number of hydrogen-bond donors (Lipinski definition) is 1. The quantitative estimate of drug-likeness (QED) is 0.354. The summed E-state index contributed by atoms with van der Waals surface area (Å²) in [6, 6.07) is 17.2. The fraction of sp³-hybridized carbons (Fsp3) is 0.231. The maximum absolute atomic E-state index is 13.9. The summed E-state index contributed by atoms with van der Waals surface area (Å²) in [6.45, 7) is 3.71. The third kappa shape index (κ3) is 4.01. The number of para-hydroxylation sites is 1. The maximum Gasteiger partial charge on any atom is 0.268 e. The number of nitrogens with zero attached hydrogens (tertiary/aromatic N) is 5. The molecule has 1 aliphatic heterocycles. The number of aryl methyl sites for hydroxylation is 1. The molecular weight excluding hydrogens is 492 g/mol. The summed E-state index contributed by atoms with van der Waals surface area (Å²) in [5.41, 5.74) is 3.63. The van der Waals surface area contributed by atoms with Crippen LogP contribution in [0.3, 0.4) is 0 Å². The second kappa shape index (κ2) is 9.20. The van der Waals surface area contributed by atoms with Crippen LogP contribution in [0.1, 0.15) is 16.0 Å².